The number of ketones is 1. The molecule has 0 saturated carbocycles. The van der Waals surface area contributed by atoms with Gasteiger partial charge in [-0.25, -0.2) is 0 Å². The van der Waals surface area contributed by atoms with Crippen LogP contribution in [0.1, 0.15) is 48.9 Å². The third-order valence-corrected chi connectivity index (χ3v) is 3.43. The van der Waals surface area contributed by atoms with Gasteiger partial charge in [-0.2, -0.15) is 8.78 Å². The molecule has 0 saturated heterocycles. The topological polar surface area (TPSA) is 26.3 Å². The average Bonchev–Trinajstić information content (AvgIpc) is 2.37. The van der Waals surface area contributed by atoms with Gasteiger partial charge in [0.1, 0.15) is 5.75 Å². The molecule has 4 heteroatoms. The van der Waals surface area contributed by atoms with Crippen LogP contribution in [-0.4, -0.2) is 12.4 Å². The Bertz CT molecular complexity index is 495. The first-order chi connectivity index (χ1) is 9.68. The van der Waals surface area contributed by atoms with E-state index in [0.29, 0.717) is 6.42 Å². The maximum Gasteiger partial charge on any atom is 0.387 e. The van der Waals surface area contributed by atoms with E-state index in [9.17, 15) is 13.6 Å². The van der Waals surface area contributed by atoms with Gasteiger partial charge in [0.15, 0.2) is 5.78 Å². The van der Waals surface area contributed by atoms with Crippen molar-refractivity contribution in [1.82, 2.24) is 0 Å². The molecule has 0 amide bonds. The quantitative estimate of drug-likeness (QED) is 0.744. The maximum absolute atomic E-state index is 12.5. The molecule has 0 bridgehead atoms. The largest absolute Gasteiger partial charge is 0.434 e. The lowest BCUT2D eigenvalue weighted by molar-refractivity contribution is -0.0501. The molecule has 0 heterocycles. The number of carbonyl (C=O) groups excluding carboxylic acids is 1. The summed E-state index contributed by atoms with van der Waals surface area (Å²) in [6.45, 7) is -2.92. The van der Waals surface area contributed by atoms with Crippen molar-refractivity contribution in [3.63, 3.8) is 0 Å². The number of ether oxygens (including phenoxy) is 1. The summed E-state index contributed by atoms with van der Waals surface area (Å²) in [6.07, 6.45) is 7.87. The van der Waals surface area contributed by atoms with Gasteiger partial charge in [-0.15, -0.1) is 0 Å². The van der Waals surface area contributed by atoms with Crippen molar-refractivity contribution in [1.29, 1.82) is 0 Å². The molecule has 108 valence electrons. The Hall–Kier alpha value is -1.71. The number of Topliss-reactive ketones (excluding diaryl/α,β-unsaturated/α-hetero) is 1. The lowest BCUT2D eigenvalue weighted by Gasteiger charge is -2.13. The molecule has 0 aliphatic heterocycles. The lowest BCUT2D eigenvalue weighted by atomic mass is 9.94. The Morgan fingerprint density at radius 2 is 1.85 bits per heavy atom. The van der Waals surface area contributed by atoms with Crippen LogP contribution in [0.2, 0.25) is 0 Å². The highest BCUT2D eigenvalue weighted by atomic mass is 19.3. The van der Waals surface area contributed by atoms with Crippen LogP contribution in [0.15, 0.2) is 35.9 Å². The van der Waals surface area contributed by atoms with E-state index in [4.69, 9.17) is 0 Å². The summed E-state index contributed by atoms with van der Waals surface area (Å²) >= 11 is 0. The van der Waals surface area contributed by atoms with Crippen molar-refractivity contribution in [3.05, 3.63) is 41.5 Å². The van der Waals surface area contributed by atoms with Gasteiger partial charge in [-0.3, -0.25) is 4.79 Å². The van der Waals surface area contributed by atoms with Crippen molar-refractivity contribution in [2.45, 2.75) is 45.1 Å². The molecule has 1 aromatic rings. The molecular formula is C16H18F2O2. The van der Waals surface area contributed by atoms with Gasteiger partial charge in [-0.1, -0.05) is 31.1 Å². The normalized spacial score (nSPS) is 18.9. The predicted molar refractivity (Wildman–Crippen MR) is 73.2 cm³/mol. The zero-order chi connectivity index (χ0) is 14.4. The second-order valence-electron chi connectivity index (χ2n) is 4.89. The summed E-state index contributed by atoms with van der Waals surface area (Å²) in [5.74, 6) is -0.237. The number of hydrogen-bond donors (Lipinski definition) is 0. The van der Waals surface area contributed by atoms with Gasteiger partial charge in [0, 0.05) is 0 Å². The van der Waals surface area contributed by atoms with E-state index >= 15 is 0 Å². The van der Waals surface area contributed by atoms with Gasteiger partial charge in [0.2, 0.25) is 0 Å². The fraction of sp³-hybridized carbons (Fsp3) is 0.438. The van der Waals surface area contributed by atoms with E-state index in [0.717, 1.165) is 31.3 Å². The molecule has 20 heavy (non-hydrogen) atoms. The molecule has 2 nitrogen and oxygen atoms in total. The molecule has 0 unspecified atom stereocenters. The minimum atomic E-state index is -2.92. The average molecular weight is 280 g/mol. The van der Waals surface area contributed by atoms with Crippen LogP contribution in [0, 0.1) is 0 Å². The summed E-state index contributed by atoms with van der Waals surface area (Å²) in [6, 6.07) is 6.19. The molecule has 0 atom stereocenters. The highest BCUT2D eigenvalue weighted by molar-refractivity contribution is 6.10. The minimum Gasteiger partial charge on any atom is -0.434 e. The van der Waals surface area contributed by atoms with Crippen molar-refractivity contribution in [3.8, 4) is 5.75 Å². The van der Waals surface area contributed by atoms with Crippen molar-refractivity contribution >= 4 is 5.78 Å². The van der Waals surface area contributed by atoms with Crippen LogP contribution < -0.4 is 4.74 Å². The third kappa shape index (κ3) is 3.89. The third-order valence-electron chi connectivity index (χ3n) is 3.43. The van der Waals surface area contributed by atoms with E-state index in [1.54, 1.807) is 18.2 Å². The zero-order valence-electron chi connectivity index (χ0n) is 11.3. The summed E-state index contributed by atoms with van der Waals surface area (Å²) in [5, 5.41) is 0. The molecule has 0 radical (unpaired) electrons. The molecular weight excluding hydrogens is 262 g/mol. The fourth-order valence-electron chi connectivity index (χ4n) is 2.42. The Morgan fingerprint density at radius 3 is 2.65 bits per heavy atom. The van der Waals surface area contributed by atoms with Gasteiger partial charge in [-0.05, 0) is 43.4 Å². The van der Waals surface area contributed by atoms with E-state index < -0.39 is 6.61 Å². The van der Waals surface area contributed by atoms with E-state index in [1.165, 1.54) is 12.5 Å². The summed E-state index contributed by atoms with van der Waals surface area (Å²) in [5.41, 5.74) is 0.939. The first-order valence-electron chi connectivity index (χ1n) is 6.96. The first-order valence-corrected chi connectivity index (χ1v) is 6.96. The standard InChI is InChI=1S/C16H18F2O2/c17-16(18)20-14-11-7-6-10-13(14)15(19)12-8-4-2-1-3-5-9-12/h6-8,10-11,16H,1-5,9H2/b12-8+. The van der Waals surface area contributed by atoms with E-state index in [-0.39, 0.29) is 17.1 Å². The van der Waals surface area contributed by atoms with Crippen molar-refractivity contribution in [2.75, 3.05) is 0 Å². The van der Waals surface area contributed by atoms with Crippen LogP contribution in [0.3, 0.4) is 0 Å². The molecule has 0 aromatic heterocycles. The van der Waals surface area contributed by atoms with E-state index in [1.807, 2.05) is 6.08 Å². The highest BCUT2D eigenvalue weighted by Crippen LogP contribution is 2.26. The predicted octanol–water partition coefficient (Wildman–Crippen LogP) is 4.75. The Morgan fingerprint density at radius 1 is 1.10 bits per heavy atom. The highest BCUT2D eigenvalue weighted by Gasteiger charge is 2.19. The summed E-state index contributed by atoms with van der Waals surface area (Å²) in [7, 11) is 0. The molecule has 0 N–H and O–H groups in total. The molecule has 2 rings (SSSR count). The SMILES string of the molecule is O=C(/C1=C/CCCCCC1)c1ccccc1OC(F)F. The summed E-state index contributed by atoms with van der Waals surface area (Å²) < 4.78 is 29.2. The second-order valence-corrected chi connectivity index (χ2v) is 4.89. The number of alkyl halides is 2. The molecule has 0 fully saturated rings. The number of benzene rings is 1. The van der Waals surface area contributed by atoms with Gasteiger partial charge in [0.05, 0.1) is 5.56 Å². The van der Waals surface area contributed by atoms with Crippen molar-refractivity contribution < 1.29 is 18.3 Å². The summed E-state index contributed by atoms with van der Waals surface area (Å²) in [4.78, 5) is 12.5. The maximum atomic E-state index is 12.5. The van der Waals surface area contributed by atoms with Crippen molar-refractivity contribution in [2.24, 2.45) is 0 Å². The van der Waals surface area contributed by atoms with E-state index in [2.05, 4.69) is 4.74 Å². The van der Waals surface area contributed by atoms with Gasteiger partial charge in [0.25, 0.3) is 0 Å². The fourth-order valence-corrected chi connectivity index (χ4v) is 2.42. The molecule has 1 aromatic carbocycles. The first kappa shape index (κ1) is 14.7. The number of allylic oxidation sites excluding steroid dienone is 2. The molecule has 1 aliphatic carbocycles. The molecule has 1 aliphatic rings. The Balaban J connectivity index is 2.23. The number of halogens is 2. The lowest BCUT2D eigenvalue weighted by Crippen LogP contribution is -2.10. The minimum absolute atomic E-state index is 0.0459. The van der Waals surface area contributed by atoms with Crippen LogP contribution in [0.5, 0.6) is 5.75 Å². The number of hydrogen-bond acceptors (Lipinski definition) is 2. The zero-order valence-corrected chi connectivity index (χ0v) is 11.3. The monoisotopic (exact) mass is 280 g/mol. The van der Waals surface area contributed by atoms with Crippen LogP contribution in [-0.2, 0) is 0 Å². The Kier molecular flexibility index (Phi) is 5.27. The van der Waals surface area contributed by atoms with Crippen LogP contribution in [0.4, 0.5) is 8.78 Å². The smallest absolute Gasteiger partial charge is 0.387 e. The second kappa shape index (κ2) is 7.17. The Labute approximate surface area is 117 Å². The number of para-hydroxylation sites is 1. The van der Waals surface area contributed by atoms with Crippen LogP contribution >= 0.6 is 0 Å². The van der Waals surface area contributed by atoms with Gasteiger partial charge < -0.3 is 4.74 Å². The number of rotatable bonds is 4. The van der Waals surface area contributed by atoms with Gasteiger partial charge >= 0.3 is 6.61 Å². The van der Waals surface area contributed by atoms with Crippen LogP contribution in [0.25, 0.3) is 0 Å². The number of carbonyl (C=O) groups is 1. The molecule has 0 spiro atoms.